The molecule has 3 amide bonds. The molecule has 8 nitrogen and oxygen atoms in total. The van der Waals surface area contributed by atoms with Gasteiger partial charge in [-0.15, -0.1) is 0 Å². The number of carbonyl (C=O) groups is 3. The van der Waals surface area contributed by atoms with Crippen molar-refractivity contribution in [2.24, 2.45) is 5.92 Å². The zero-order chi connectivity index (χ0) is 27.2. The summed E-state index contributed by atoms with van der Waals surface area (Å²) in [5.41, 5.74) is 1.94. The summed E-state index contributed by atoms with van der Waals surface area (Å²) in [6.45, 7) is 1.44. The van der Waals surface area contributed by atoms with Crippen molar-refractivity contribution in [2.75, 3.05) is 7.05 Å². The molecule has 0 aliphatic carbocycles. The van der Waals surface area contributed by atoms with Crippen molar-refractivity contribution in [1.29, 1.82) is 0 Å². The molecule has 0 saturated heterocycles. The molecule has 4 aromatic rings. The van der Waals surface area contributed by atoms with Crippen LogP contribution in [0.5, 0.6) is 0 Å². The van der Waals surface area contributed by atoms with Crippen molar-refractivity contribution in [1.82, 2.24) is 20.5 Å². The molecule has 4 rings (SSSR count). The number of likely N-dealkylation sites (N-methyl/N-ethyl adjacent to an activating group) is 1. The molecule has 198 valence electrons. The molecule has 0 bridgehead atoms. The molecule has 0 radical (unpaired) electrons. The lowest BCUT2D eigenvalue weighted by Crippen LogP contribution is -2.51. The van der Waals surface area contributed by atoms with Crippen molar-refractivity contribution in [3.05, 3.63) is 95.6 Å². The quantitative estimate of drug-likeness (QED) is 0.276. The number of halogens is 2. The standard InChI is InChI=1S/C28H28F2N4O4/c1-17(26(35)32-14-18-10-20(29)13-21(30)11-18)27(36)33-25(28(37)34(2)16-22-6-5-9-38-22)12-19-15-31-24-8-4-3-7-23(19)24/h3-11,13,15,17,25,31H,12,14,16H2,1-2H3,(H,32,35)(H,33,36). The van der Waals surface area contributed by atoms with Gasteiger partial charge in [0.05, 0.1) is 12.8 Å². The number of para-hydroxylation sites is 1. The Kier molecular flexibility index (Phi) is 8.20. The number of hydrogen-bond acceptors (Lipinski definition) is 4. The van der Waals surface area contributed by atoms with E-state index >= 15 is 0 Å². The molecule has 0 aliphatic rings. The number of H-pyrrole nitrogens is 1. The third-order valence-corrected chi connectivity index (χ3v) is 6.24. The van der Waals surface area contributed by atoms with Gasteiger partial charge in [0.1, 0.15) is 29.4 Å². The molecule has 3 N–H and O–H groups in total. The molecule has 2 aromatic heterocycles. The van der Waals surface area contributed by atoms with Gasteiger partial charge in [-0.05, 0) is 48.4 Å². The Morgan fingerprint density at radius 3 is 2.47 bits per heavy atom. The number of fused-ring (bicyclic) bond motifs is 1. The molecule has 0 aliphatic heterocycles. The minimum atomic E-state index is -1.16. The molecule has 0 saturated carbocycles. The Bertz CT molecular complexity index is 1410. The molecule has 0 fully saturated rings. The Morgan fingerprint density at radius 2 is 1.76 bits per heavy atom. The maximum atomic E-state index is 13.4. The zero-order valence-corrected chi connectivity index (χ0v) is 21.0. The number of benzene rings is 2. The second-order valence-corrected chi connectivity index (χ2v) is 9.12. The average molecular weight is 523 g/mol. The Morgan fingerprint density at radius 1 is 1.03 bits per heavy atom. The molecule has 10 heteroatoms. The van der Waals surface area contributed by atoms with Crippen LogP contribution in [0.1, 0.15) is 23.8 Å². The summed E-state index contributed by atoms with van der Waals surface area (Å²) in [6.07, 6.45) is 3.49. The molecule has 2 unspecified atom stereocenters. The highest BCUT2D eigenvalue weighted by Crippen LogP contribution is 2.20. The summed E-state index contributed by atoms with van der Waals surface area (Å²) in [6, 6.07) is 13.0. The van der Waals surface area contributed by atoms with Crippen LogP contribution in [-0.4, -0.2) is 40.7 Å². The fourth-order valence-electron chi connectivity index (χ4n) is 4.17. The van der Waals surface area contributed by atoms with Gasteiger partial charge < -0.3 is 24.9 Å². The third-order valence-electron chi connectivity index (χ3n) is 6.24. The van der Waals surface area contributed by atoms with Crippen LogP contribution >= 0.6 is 0 Å². The van der Waals surface area contributed by atoms with Gasteiger partial charge in [0.2, 0.25) is 17.7 Å². The topological polar surface area (TPSA) is 107 Å². The van der Waals surface area contributed by atoms with E-state index < -0.39 is 35.4 Å². The predicted molar refractivity (Wildman–Crippen MR) is 136 cm³/mol. The minimum Gasteiger partial charge on any atom is -0.467 e. The summed E-state index contributed by atoms with van der Waals surface area (Å²) in [5.74, 6) is -3.77. The Labute approximate surface area is 218 Å². The molecule has 2 heterocycles. The molecule has 0 spiro atoms. The predicted octanol–water partition coefficient (Wildman–Crippen LogP) is 3.68. The van der Waals surface area contributed by atoms with E-state index in [1.54, 1.807) is 25.4 Å². The first-order valence-electron chi connectivity index (χ1n) is 12.1. The SMILES string of the molecule is CC(C(=O)NCc1cc(F)cc(F)c1)C(=O)NC(Cc1c[nH]c2ccccc12)C(=O)N(C)Cc1ccco1. The summed E-state index contributed by atoms with van der Waals surface area (Å²) >= 11 is 0. The van der Waals surface area contributed by atoms with E-state index in [4.69, 9.17) is 4.42 Å². The number of amides is 3. The van der Waals surface area contributed by atoms with E-state index in [0.29, 0.717) is 5.76 Å². The van der Waals surface area contributed by atoms with Crippen LogP contribution < -0.4 is 10.6 Å². The number of rotatable bonds is 10. The molecular formula is C28H28F2N4O4. The number of aromatic nitrogens is 1. The van der Waals surface area contributed by atoms with Crippen molar-refractivity contribution in [2.45, 2.75) is 32.5 Å². The molecule has 38 heavy (non-hydrogen) atoms. The third kappa shape index (κ3) is 6.44. The second-order valence-electron chi connectivity index (χ2n) is 9.12. The van der Waals surface area contributed by atoms with Crippen molar-refractivity contribution in [3.8, 4) is 0 Å². The summed E-state index contributed by atoms with van der Waals surface area (Å²) < 4.78 is 32.2. The normalized spacial score (nSPS) is 12.6. The lowest BCUT2D eigenvalue weighted by atomic mass is 10.0. The summed E-state index contributed by atoms with van der Waals surface area (Å²) in [7, 11) is 1.60. The van der Waals surface area contributed by atoms with Gasteiger partial charge >= 0.3 is 0 Å². The molecule has 2 aromatic carbocycles. The average Bonchev–Trinajstić information content (AvgIpc) is 3.55. The Hall–Kier alpha value is -4.47. The van der Waals surface area contributed by atoms with Crippen molar-refractivity contribution < 1.29 is 27.6 Å². The van der Waals surface area contributed by atoms with Crippen LogP contribution in [-0.2, 0) is 33.9 Å². The van der Waals surface area contributed by atoms with E-state index in [2.05, 4.69) is 15.6 Å². The number of nitrogens with one attached hydrogen (secondary N) is 3. The first-order chi connectivity index (χ1) is 18.2. The van der Waals surface area contributed by atoms with E-state index in [1.165, 1.54) is 18.1 Å². The van der Waals surface area contributed by atoms with Crippen LogP contribution in [0.2, 0.25) is 0 Å². The van der Waals surface area contributed by atoms with Gasteiger partial charge in [-0.25, -0.2) is 8.78 Å². The lowest BCUT2D eigenvalue weighted by Gasteiger charge is -2.25. The lowest BCUT2D eigenvalue weighted by molar-refractivity contribution is -0.140. The first-order valence-corrected chi connectivity index (χ1v) is 12.1. The number of carbonyl (C=O) groups excluding carboxylic acids is 3. The second kappa shape index (κ2) is 11.7. The largest absolute Gasteiger partial charge is 0.467 e. The van der Waals surface area contributed by atoms with Crippen molar-refractivity contribution in [3.63, 3.8) is 0 Å². The number of aromatic amines is 1. The van der Waals surface area contributed by atoms with Gasteiger partial charge in [0.25, 0.3) is 0 Å². The maximum absolute atomic E-state index is 13.4. The zero-order valence-electron chi connectivity index (χ0n) is 21.0. The van der Waals surface area contributed by atoms with E-state index in [1.807, 2.05) is 24.3 Å². The van der Waals surface area contributed by atoms with Crippen LogP contribution in [0.3, 0.4) is 0 Å². The fourth-order valence-corrected chi connectivity index (χ4v) is 4.17. The summed E-state index contributed by atoms with van der Waals surface area (Å²) in [4.78, 5) is 43.7. The van der Waals surface area contributed by atoms with Gasteiger partial charge in [0, 0.05) is 43.2 Å². The fraction of sp³-hybridized carbons (Fsp3) is 0.250. The highest BCUT2D eigenvalue weighted by molar-refractivity contribution is 6.01. The number of furan rings is 1. The van der Waals surface area contributed by atoms with Gasteiger partial charge in [0.15, 0.2) is 0 Å². The Balaban J connectivity index is 1.47. The maximum Gasteiger partial charge on any atom is 0.245 e. The molecule has 2 atom stereocenters. The number of nitrogens with zero attached hydrogens (tertiary/aromatic N) is 1. The highest BCUT2D eigenvalue weighted by atomic mass is 19.1. The summed E-state index contributed by atoms with van der Waals surface area (Å²) in [5, 5.41) is 6.15. The smallest absolute Gasteiger partial charge is 0.245 e. The van der Waals surface area contributed by atoms with Crippen LogP contribution in [0, 0.1) is 17.6 Å². The van der Waals surface area contributed by atoms with Gasteiger partial charge in [-0.3, -0.25) is 14.4 Å². The monoisotopic (exact) mass is 522 g/mol. The van der Waals surface area contributed by atoms with Crippen LogP contribution in [0.4, 0.5) is 8.78 Å². The van der Waals surface area contributed by atoms with Gasteiger partial charge in [-0.2, -0.15) is 0 Å². The minimum absolute atomic E-state index is 0.158. The number of hydrogen-bond donors (Lipinski definition) is 3. The van der Waals surface area contributed by atoms with E-state index in [0.717, 1.165) is 34.7 Å². The highest BCUT2D eigenvalue weighted by Gasteiger charge is 2.30. The van der Waals surface area contributed by atoms with Crippen molar-refractivity contribution >= 4 is 28.6 Å². The van der Waals surface area contributed by atoms with E-state index in [-0.39, 0.29) is 31.0 Å². The van der Waals surface area contributed by atoms with Crippen LogP contribution in [0.15, 0.2) is 71.5 Å². The van der Waals surface area contributed by atoms with Crippen LogP contribution in [0.25, 0.3) is 10.9 Å². The van der Waals surface area contributed by atoms with Gasteiger partial charge in [-0.1, -0.05) is 18.2 Å². The van der Waals surface area contributed by atoms with E-state index in [9.17, 15) is 23.2 Å². The molecular weight excluding hydrogens is 494 g/mol. The first kappa shape index (κ1) is 26.6.